The molecule has 1 aromatic carbocycles. The molecule has 4 nitrogen and oxygen atoms in total. The van der Waals surface area contributed by atoms with Crippen LogP contribution in [0, 0.1) is 11.3 Å². The van der Waals surface area contributed by atoms with Crippen molar-refractivity contribution in [3.8, 4) is 5.75 Å². The second-order valence-corrected chi connectivity index (χ2v) is 6.64. The molecule has 3 N–H and O–H groups in total. The number of ether oxygens (including phenoxy) is 1. The maximum absolute atomic E-state index is 12.1. The molecule has 0 heterocycles. The van der Waals surface area contributed by atoms with Gasteiger partial charge in [-0.2, -0.15) is 0 Å². The predicted octanol–water partition coefficient (Wildman–Crippen LogP) is 2.79. The Morgan fingerprint density at radius 2 is 1.95 bits per heavy atom. The van der Waals surface area contributed by atoms with Crippen LogP contribution < -0.4 is 15.8 Å². The van der Waals surface area contributed by atoms with Crippen molar-refractivity contribution in [2.45, 2.75) is 39.2 Å². The average Bonchev–Trinajstić information content (AvgIpc) is 2.61. The standard InChI is InChI=1S/C16H24N2O2/c1-11-9-15(2,3)10-16(11,14(17)19)18-12-5-7-13(20-4)8-6-12/h5-8,11,18H,9-10H2,1-4H3,(H2,17,19). The molecule has 4 heteroatoms. The van der Waals surface area contributed by atoms with E-state index in [1.807, 2.05) is 24.3 Å². The molecule has 0 saturated heterocycles. The van der Waals surface area contributed by atoms with Crippen LogP contribution in [0.2, 0.25) is 0 Å². The highest BCUT2D eigenvalue weighted by Crippen LogP contribution is 2.48. The van der Waals surface area contributed by atoms with Gasteiger partial charge in [0, 0.05) is 5.69 Å². The van der Waals surface area contributed by atoms with Gasteiger partial charge in [-0.25, -0.2) is 0 Å². The minimum atomic E-state index is -0.669. The fourth-order valence-electron chi connectivity index (χ4n) is 3.50. The minimum Gasteiger partial charge on any atom is -0.497 e. The molecule has 2 rings (SSSR count). The summed E-state index contributed by atoms with van der Waals surface area (Å²) >= 11 is 0. The predicted molar refractivity (Wildman–Crippen MR) is 80.7 cm³/mol. The molecule has 2 atom stereocenters. The van der Waals surface area contributed by atoms with E-state index in [1.165, 1.54) is 0 Å². The fourth-order valence-corrected chi connectivity index (χ4v) is 3.50. The van der Waals surface area contributed by atoms with E-state index in [0.29, 0.717) is 0 Å². The zero-order valence-electron chi connectivity index (χ0n) is 12.7. The number of rotatable bonds is 4. The van der Waals surface area contributed by atoms with Crippen LogP contribution in [0.3, 0.4) is 0 Å². The highest BCUT2D eigenvalue weighted by atomic mass is 16.5. The number of carbonyl (C=O) groups excluding carboxylic acids is 1. The normalized spacial score (nSPS) is 28.1. The first kappa shape index (κ1) is 14.7. The molecule has 0 bridgehead atoms. The number of nitrogens with one attached hydrogen (secondary N) is 1. The highest BCUT2D eigenvalue weighted by Gasteiger charge is 2.52. The van der Waals surface area contributed by atoms with Gasteiger partial charge in [-0.1, -0.05) is 20.8 Å². The van der Waals surface area contributed by atoms with Gasteiger partial charge in [-0.15, -0.1) is 0 Å². The van der Waals surface area contributed by atoms with Crippen LogP contribution in [0.25, 0.3) is 0 Å². The van der Waals surface area contributed by atoms with E-state index in [9.17, 15) is 4.79 Å². The lowest BCUT2D eigenvalue weighted by Gasteiger charge is -2.33. The van der Waals surface area contributed by atoms with Crippen LogP contribution in [0.4, 0.5) is 5.69 Å². The van der Waals surface area contributed by atoms with Gasteiger partial charge in [0.25, 0.3) is 0 Å². The Morgan fingerprint density at radius 1 is 1.35 bits per heavy atom. The van der Waals surface area contributed by atoms with Crippen molar-refractivity contribution >= 4 is 11.6 Å². The molecule has 1 saturated carbocycles. The first-order chi connectivity index (χ1) is 9.29. The molecule has 0 aliphatic heterocycles. The summed E-state index contributed by atoms with van der Waals surface area (Å²) in [5.74, 6) is 0.729. The number of carbonyl (C=O) groups is 1. The lowest BCUT2D eigenvalue weighted by molar-refractivity contribution is -0.123. The summed E-state index contributed by atoms with van der Waals surface area (Å²) in [4.78, 5) is 12.1. The third-order valence-corrected chi connectivity index (χ3v) is 4.35. The van der Waals surface area contributed by atoms with Crippen molar-refractivity contribution in [2.24, 2.45) is 17.1 Å². The molecule has 0 aromatic heterocycles. The van der Waals surface area contributed by atoms with Crippen LogP contribution in [0.1, 0.15) is 33.6 Å². The van der Waals surface area contributed by atoms with E-state index in [4.69, 9.17) is 10.5 Å². The van der Waals surface area contributed by atoms with Gasteiger partial charge in [-0.3, -0.25) is 4.79 Å². The van der Waals surface area contributed by atoms with E-state index in [-0.39, 0.29) is 17.2 Å². The smallest absolute Gasteiger partial charge is 0.243 e. The summed E-state index contributed by atoms with van der Waals surface area (Å²) in [7, 11) is 1.63. The van der Waals surface area contributed by atoms with Crippen LogP contribution in [-0.2, 0) is 4.79 Å². The number of amides is 1. The Balaban J connectivity index is 2.28. The molecule has 0 radical (unpaired) electrons. The number of nitrogens with two attached hydrogens (primary N) is 1. The molecule has 1 fully saturated rings. The summed E-state index contributed by atoms with van der Waals surface area (Å²) in [6, 6.07) is 7.59. The van der Waals surface area contributed by atoms with Crippen LogP contribution >= 0.6 is 0 Å². The van der Waals surface area contributed by atoms with Gasteiger partial charge in [-0.05, 0) is 48.4 Å². The largest absolute Gasteiger partial charge is 0.497 e. The SMILES string of the molecule is COc1ccc(NC2(C(N)=O)CC(C)(C)CC2C)cc1. The number of primary amides is 1. The third kappa shape index (κ3) is 2.60. The number of hydrogen-bond acceptors (Lipinski definition) is 3. The van der Waals surface area contributed by atoms with Gasteiger partial charge >= 0.3 is 0 Å². The highest BCUT2D eigenvalue weighted by molar-refractivity contribution is 5.89. The number of anilines is 1. The molecular weight excluding hydrogens is 252 g/mol. The second kappa shape index (κ2) is 5.00. The lowest BCUT2D eigenvalue weighted by atomic mass is 9.85. The monoisotopic (exact) mass is 276 g/mol. The van der Waals surface area contributed by atoms with Crippen molar-refractivity contribution in [2.75, 3.05) is 12.4 Å². The summed E-state index contributed by atoms with van der Waals surface area (Å²) in [5.41, 5.74) is 6.07. The molecule has 1 amide bonds. The number of methoxy groups -OCH3 is 1. The molecule has 0 spiro atoms. The van der Waals surface area contributed by atoms with E-state index >= 15 is 0 Å². The zero-order valence-corrected chi connectivity index (χ0v) is 12.7. The van der Waals surface area contributed by atoms with Crippen LogP contribution in [0.15, 0.2) is 24.3 Å². The summed E-state index contributed by atoms with van der Waals surface area (Å²) in [6.45, 7) is 6.46. The van der Waals surface area contributed by atoms with Crippen molar-refractivity contribution in [1.29, 1.82) is 0 Å². The Kier molecular flexibility index (Phi) is 3.67. The van der Waals surface area contributed by atoms with E-state index < -0.39 is 5.54 Å². The molecule has 1 aliphatic carbocycles. The molecule has 2 unspecified atom stereocenters. The number of hydrogen-bond donors (Lipinski definition) is 2. The first-order valence-electron chi connectivity index (χ1n) is 7.01. The van der Waals surface area contributed by atoms with Gasteiger partial charge < -0.3 is 15.8 Å². The third-order valence-electron chi connectivity index (χ3n) is 4.35. The Hall–Kier alpha value is -1.71. The van der Waals surface area contributed by atoms with Crippen LogP contribution in [-0.4, -0.2) is 18.6 Å². The Morgan fingerprint density at radius 3 is 2.35 bits per heavy atom. The number of benzene rings is 1. The summed E-state index contributed by atoms with van der Waals surface area (Å²) < 4.78 is 5.15. The van der Waals surface area contributed by atoms with Crippen molar-refractivity contribution in [3.63, 3.8) is 0 Å². The maximum atomic E-state index is 12.1. The van der Waals surface area contributed by atoms with Gasteiger partial charge in [0.15, 0.2) is 0 Å². The molecule has 110 valence electrons. The van der Waals surface area contributed by atoms with E-state index in [0.717, 1.165) is 24.3 Å². The second-order valence-electron chi connectivity index (χ2n) is 6.64. The first-order valence-corrected chi connectivity index (χ1v) is 7.01. The van der Waals surface area contributed by atoms with Crippen molar-refractivity contribution in [3.05, 3.63) is 24.3 Å². The minimum absolute atomic E-state index is 0.119. The fraction of sp³-hybridized carbons (Fsp3) is 0.562. The summed E-state index contributed by atoms with van der Waals surface area (Å²) in [5, 5.41) is 3.38. The lowest BCUT2D eigenvalue weighted by Crippen LogP contribution is -2.52. The summed E-state index contributed by atoms with van der Waals surface area (Å²) in [6.07, 6.45) is 1.74. The van der Waals surface area contributed by atoms with Crippen LogP contribution in [0.5, 0.6) is 5.75 Å². The quantitative estimate of drug-likeness (QED) is 0.888. The molecule has 20 heavy (non-hydrogen) atoms. The topological polar surface area (TPSA) is 64.3 Å². The van der Waals surface area contributed by atoms with E-state index in [2.05, 4.69) is 26.1 Å². The molecule has 1 aliphatic rings. The van der Waals surface area contributed by atoms with Crippen molar-refractivity contribution in [1.82, 2.24) is 0 Å². The zero-order chi connectivity index (χ0) is 15.0. The van der Waals surface area contributed by atoms with Gasteiger partial charge in [0.05, 0.1) is 7.11 Å². The van der Waals surface area contributed by atoms with Gasteiger partial charge in [0.1, 0.15) is 11.3 Å². The van der Waals surface area contributed by atoms with E-state index in [1.54, 1.807) is 7.11 Å². The van der Waals surface area contributed by atoms with Gasteiger partial charge in [0.2, 0.25) is 5.91 Å². The maximum Gasteiger partial charge on any atom is 0.243 e. The Labute approximate surface area is 120 Å². The Bertz CT molecular complexity index is 496. The average molecular weight is 276 g/mol. The molecular formula is C16H24N2O2. The van der Waals surface area contributed by atoms with Crippen molar-refractivity contribution < 1.29 is 9.53 Å². The molecule has 1 aromatic rings.